The third kappa shape index (κ3) is 3.38. The monoisotopic (exact) mass is 369 g/mol. The number of amides is 1. The molecule has 1 amide bonds. The molecule has 0 spiro atoms. The Kier molecular flexibility index (Phi) is 4.28. The van der Waals surface area contributed by atoms with Gasteiger partial charge in [0.25, 0.3) is 5.91 Å². The van der Waals surface area contributed by atoms with Gasteiger partial charge in [0.1, 0.15) is 11.6 Å². The number of hydrogen-bond donors (Lipinski definition) is 1. The molecule has 0 aliphatic carbocycles. The third-order valence-electron chi connectivity index (χ3n) is 3.45. The molecule has 0 aliphatic heterocycles. The molecular formula is C17H12FN5O2S. The number of hydrogen-bond acceptors (Lipinski definition) is 6. The number of benzene rings is 2. The van der Waals surface area contributed by atoms with E-state index in [9.17, 15) is 9.18 Å². The molecule has 4 aromatic rings. The van der Waals surface area contributed by atoms with E-state index in [2.05, 4.69) is 20.6 Å². The van der Waals surface area contributed by atoms with E-state index in [0.29, 0.717) is 21.7 Å². The van der Waals surface area contributed by atoms with Crippen molar-refractivity contribution in [3.63, 3.8) is 0 Å². The normalized spacial score (nSPS) is 10.8. The van der Waals surface area contributed by atoms with Crippen LogP contribution in [0.5, 0.6) is 5.75 Å². The van der Waals surface area contributed by atoms with Crippen LogP contribution >= 0.6 is 11.3 Å². The molecule has 0 fully saturated rings. The van der Waals surface area contributed by atoms with E-state index in [4.69, 9.17) is 4.74 Å². The summed E-state index contributed by atoms with van der Waals surface area (Å²) in [5.41, 5.74) is 0.878. The van der Waals surface area contributed by atoms with Crippen molar-refractivity contribution in [1.29, 1.82) is 0 Å². The van der Waals surface area contributed by atoms with Gasteiger partial charge in [-0.15, -0.1) is 15.3 Å². The lowest BCUT2D eigenvalue weighted by molar-refractivity contribution is -0.118. The van der Waals surface area contributed by atoms with Crippen molar-refractivity contribution < 1.29 is 13.9 Å². The maximum Gasteiger partial charge on any atom is 0.264 e. The Morgan fingerprint density at radius 3 is 2.65 bits per heavy atom. The highest BCUT2D eigenvalue weighted by molar-refractivity contribution is 7.20. The fourth-order valence-corrected chi connectivity index (χ4v) is 3.03. The second kappa shape index (κ2) is 6.89. The smallest absolute Gasteiger partial charge is 0.264 e. The summed E-state index contributed by atoms with van der Waals surface area (Å²) in [6.07, 6.45) is 0. The molecular weight excluding hydrogens is 357 g/mol. The molecule has 2 aromatic heterocycles. The number of aromatic nitrogens is 4. The van der Waals surface area contributed by atoms with Gasteiger partial charge in [-0.25, -0.2) is 4.39 Å². The average Bonchev–Trinajstić information content (AvgIpc) is 3.22. The first-order valence-electron chi connectivity index (χ1n) is 7.65. The Morgan fingerprint density at radius 1 is 1.12 bits per heavy atom. The van der Waals surface area contributed by atoms with Crippen LogP contribution < -0.4 is 10.1 Å². The number of anilines is 1. The number of carbonyl (C=O) groups excluding carboxylic acids is 1. The summed E-state index contributed by atoms with van der Waals surface area (Å²) in [7, 11) is 0. The van der Waals surface area contributed by atoms with Crippen LogP contribution in [0.3, 0.4) is 0 Å². The first-order valence-corrected chi connectivity index (χ1v) is 8.46. The average molecular weight is 369 g/mol. The highest BCUT2D eigenvalue weighted by Crippen LogP contribution is 2.23. The second-order valence-corrected chi connectivity index (χ2v) is 6.24. The quantitative estimate of drug-likeness (QED) is 0.585. The van der Waals surface area contributed by atoms with Crippen molar-refractivity contribution in [2.45, 2.75) is 0 Å². The van der Waals surface area contributed by atoms with Crippen LogP contribution in [0.2, 0.25) is 0 Å². The molecule has 0 atom stereocenters. The molecule has 26 heavy (non-hydrogen) atoms. The summed E-state index contributed by atoms with van der Waals surface area (Å²) in [5, 5.41) is 15.6. The molecule has 7 nitrogen and oxygen atoms in total. The molecule has 0 radical (unpaired) electrons. The minimum absolute atomic E-state index is 0.211. The molecule has 0 saturated heterocycles. The number of carbonyl (C=O) groups is 1. The zero-order valence-corrected chi connectivity index (χ0v) is 14.1. The topological polar surface area (TPSA) is 81.4 Å². The number of fused-ring (bicyclic) bond motifs is 1. The SMILES string of the molecule is O=C(COc1ccc(F)cc1)Nc1nn2c(-c3ccccc3)nnc2s1. The molecule has 2 heterocycles. The zero-order chi connectivity index (χ0) is 17.9. The van der Waals surface area contributed by atoms with E-state index < -0.39 is 0 Å². The lowest BCUT2D eigenvalue weighted by Crippen LogP contribution is -2.20. The van der Waals surface area contributed by atoms with Gasteiger partial charge < -0.3 is 4.74 Å². The first-order chi connectivity index (χ1) is 12.7. The minimum Gasteiger partial charge on any atom is -0.484 e. The van der Waals surface area contributed by atoms with Gasteiger partial charge in [-0.2, -0.15) is 4.52 Å². The van der Waals surface area contributed by atoms with Crippen molar-refractivity contribution in [2.75, 3.05) is 11.9 Å². The van der Waals surface area contributed by atoms with Crippen LogP contribution in [0, 0.1) is 5.82 Å². The van der Waals surface area contributed by atoms with Gasteiger partial charge in [0, 0.05) is 5.56 Å². The van der Waals surface area contributed by atoms with E-state index >= 15 is 0 Å². The van der Waals surface area contributed by atoms with Crippen molar-refractivity contribution in [3.05, 3.63) is 60.4 Å². The molecule has 1 N–H and O–H groups in total. The summed E-state index contributed by atoms with van der Waals surface area (Å²) < 4.78 is 19.7. The molecule has 0 bridgehead atoms. The summed E-state index contributed by atoms with van der Waals surface area (Å²) in [4.78, 5) is 12.6. The Hall–Kier alpha value is -3.33. The Bertz CT molecular complexity index is 1050. The van der Waals surface area contributed by atoms with Crippen LogP contribution in [0.1, 0.15) is 0 Å². The highest BCUT2D eigenvalue weighted by atomic mass is 32.1. The van der Waals surface area contributed by atoms with Crippen LogP contribution in [0.25, 0.3) is 16.3 Å². The lowest BCUT2D eigenvalue weighted by Gasteiger charge is -2.05. The fourth-order valence-electron chi connectivity index (χ4n) is 2.27. The summed E-state index contributed by atoms with van der Waals surface area (Å²) in [6, 6.07) is 15.0. The molecule has 0 unspecified atom stereocenters. The van der Waals surface area contributed by atoms with Crippen molar-refractivity contribution in [3.8, 4) is 17.1 Å². The third-order valence-corrected chi connectivity index (χ3v) is 4.27. The number of nitrogens with zero attached hydrogens (tertiary/aromatic N) is 4. The summed E-state index contributed by atoms with van der Waals surface area (Å²) in [6.45, 7) is -0.211. The maximum atomic E-state index is 12.8. The van der Waals surface area contributed by atoms with E-state index in [-0.39, 0.29) is 18.3 Å². The van der Waals surface area contributed by atoms with E-state index in [1.54, 1.807) is 4.52 Å². The number of halogens is 1. The van der Waals surface area contributed by atoms with E-state index in [1.807, 2.05) is 30.3 Å². The van der Waals surface area contributed by atoms with Gasteiger partial charge >= 0.3 is 0 Å². The number of ether oxygens (including phenoxy) is 1. The highest BCUT2D eigenvalue weighted by Gasteiger charge is 2.14. The Morgan fingerprint density at radius 2 is 1.88 bits per heavy atom. The van der Waals surface area contributed by atoms with Gasteiger partial charge in [-0.05, 0) is 24.3 Å². The molecule has 4 rings (SSSR count). The van der Waals surface area contributed by atoms with Crippen LogP contribution in [0.15, 0.2) is 54.6 Å². The minimum atomic E-state index is -0.374. The van der Waals surface area contributed by atoms with Gasteiger partial charge in [0.15, 0.2) is 12.4 Å². The van der Waals surface area contributed by atoms with Crippen molar-refractivity contribution in [2.24, 2.45) is 0 Å². The van der Waals surface area contributed by atoms with Crippen molar-refractivity contribution in [1.82, 2.24) is 19.8 Å². The van der Waals surface area contributed by atoms with Crippen molar-refractivity contribution >= 4 is 27.3 Å². The van der Waals surface area contributed by atoms with Gasteiger partial charge in [0.2, 0.25) is 10.1 Å². The van der Waals surface area contributed by atoms with E-state index in [0.717, 1.165) is 5.56 Å². The van der Waals surface area contributed by atoms with Gasteiger partial charge in [0.05, 0.1) is 0 Å². The zero-order valence-electron chi connectivity index (χ0n) is 13.3. The molecule has 9 heteroatoms. The fraction of sp³-hybridized carbons (Fsp3) is 0.0588. The standard InChI is InChI=1S/C17H12FN5O2S/c18-12-6-8-13(9-7-12)25-10-14(24)19-16-22-23-15(20-21-17(23)26-16)11-4-2-1-3-5-11/h1-9H,10H2,(H,19,22,24). The predicted octanol–water partition coefficient (Wildman–Crippen LogP) is 3.01. The molecule has 2 aromatic carbocycles. The molecule has 0 saturated carbocycles. The van der Waals surface area contributed by atoms with Crippen LogP contribution in [0.4, 0.5) is 9.52 Å². The first kappa shape index (κ1) is 16.2. The number of rotatable bonds is 5. The predicted molar refractivity (Wildman–Crippen MR) is 94.6 cm³/mol. The van der Waals surface area contributed by atoms with Gasteiger partial charge in [-0.1, -0.05) is 41.7 Å². The van der Waals surface area contributed by atoms with Crippen LogP contribution in [-0.4, -0.2) is 32.3 Å². The largest absolute Gasteiger partial charge is 0.484 e. The Balaban J connectivity index is 1.45. The summed E-state index contributed by atoms with van der Waals surface area (Å²) in [5.74, 6) is 0.266. The Labute approximate surface area is 151 Å². The summed E-state index contributed by atoms with van der Waals surface area (Å²) >= 11 is 1.21. The molecule has 0 aliphatic rings. The maximum absolute atomic E-state index is 12.8. The molecule has 130 valence electrons. The second-order valence-electron chi connectivity index (χ2n) is 5.28. The number of nitrogens with one attached hydrogen (secondary N) is 1. The van der Waals surface area contributed by atoms with E-state index in [1.165, 1.54) is 35.6 Å². The van der Waals surface area contributed by atoms with Gasteiger partial charge in [-0.3, -0.25) is 10.1 Å². The van der Waals surface area contributed by atoms with Crippen LogP contribution in [-0.2, 0) is 4.79 Å². The lowest BCUT2D eigenvalue weighted by atomic mass is 10.2.